The highest BCUT2D eigenvalue weighted by Gasteiger charge is 2.14. The first-order valence-corrected chi connectivity index (χ1v) is 9.59. The standard InChI is InChI=1S/C24H18NS/c1-25-22-12-6-7-13-23(22)26-24(25)15-14-21-19-10-4-2-8-17(19)16-18-9-3-5-11-20(18)21/h2-16H,1H3/q+1/b15-14+. The number of benzene rings is 4. The average Bonchev–Trinajstić information content (AvgIpc) is 3.01. The Morgan fingerprint density at radius 1 is 0.731 bits per heavy atom. The molecule has 0 aliphatic rings. The molecule has 5 rings (SSSR count). The van der Waals surface area contributed by atoms with Gasteiger partial charge in [0, 0.05) is 12.1 Å². The van der Waals surface area contributed by atoms with E-state index in [-0.39, 0.29) is 0 Å². The number of rotatable bonds is 2. The molecule has 4 aromatic carbocycles. The molecule has 0 unspecified atom stereocenters. The predicted molar refractivity (Wildman–Crippen MR) is 113 cm³/mol. The minimum Gasteiger partial charge on any atom is -0.185 e. The smallest absolute Gasteiger partial charge is 0.185 e. The number of fused-ring (bicyclic) bond motifs is 3. The third-order valence-electron chi connectivity index (χ3n) is 4.98. The van der Waals surface area contributed by atoms with Crippen LogP contribution >= 0.6 is 11.3 Å². The van der Waals surface area contributed by atoms with Crippen LogP contribution in [0.25, 0.3) is 43.9 Å². The first kappa shape index (κ1) is 15.3. The van der Waals surface area contributed by atoms with E-state index < -0.39 is 0 Å². The Balaban J connectivity index is 1.74. The van der Waals surface area contributed by atoms with Gasteiger partial charge in [0.2, 0.25) is 5.52 Å². The number of aromatic nitrogens is 1. The van der Waals surface area contributed by atoms with E-state index in [0.29, 0.717) is 0 Å². The molecule has 26 heavy (non-hydrogen) atoms. The van der Waals surface area contributed by atoms with Crippen LogP contribution in [0.4, 0.5) is 0 Å². The van der Waals surface area contributed by atoms with E-state index in [4.69, 9.17) is 0 Å². The Labute approximate surface area is 156 Å². The van der Waals surface area contributed by atoms with Crippen molar-refractivity contribution in [3.63, 3.8) is 0 Å². The van der Waals surface area contributed by atoms with Crippen LogP contribution in [-0.2, 0) is 7.05 Å². The van der Waals surface area contributed by atoms with Crippen LogP contribution in [0.15, 0.2) is 78.9 Å². The van der Waals surface area contributed by atoms with Crippen LogP contribution in [0.1, 0.15) is 10.6 Å². The van der Waals surface area contributed by atoms with E-state index >= 15 is 0 Å². The van der Waals surface area contributed by atoms with Gasteiger partial charge in [-0.05, 0) is 45.3 Å². The van der Waals surface area contributed by atoms with Crippen molar-refractivity contribution in [3.05, 3.63) is 89.4 Å². The predicted octanol–water partition coefficient (Wildman–Crippen LogP) is 6.20. The fourth-order valence-corrected chi connectivity index (χ4v) is 4.70. The van der Waals surface area contributed by atoms with Gasteiger partial charge in [-0.25, -0.2) is 0 Å². The van der Waals surface area contributed by atoms with Gasteiger partial charge in [0.15, 0.2) is 0 Å². The lowest BCUT2D eigenvalue weighted by molar-refractivity contribution is -0.642. The van der Waals surface area contributed by atoms with Crippen molar-refractivity contribution >= 4 is 55.3 Å². The van der Waals surface area contributed by atoms with E-state index in [1.165, 1.54) is 42.3 Å². The SMILES string of the molecule is C[n+]1c(/C=C/c2c3ccccc3cc3ccccc23)sc2ccccc21. The maximum absolute atomic E-state index is 2.28. The lowest BCUT2D eigenvalue weighted by Crippen LogP contribution is -2.28. The Kier molecular flexibility index (Phi) is 3.58. The molecule has 0 saturated heterocycles. The van der Waals surface area contributed by atoms with Gasteiger partial charge in [0.1, 0.15) is 11.7 Å². The third kappa shape index (κ3) is 2.42. The molecule has 1 aromatic heterocycles. The van der Waals surface area contributed by atoms with Crippen molar-refractivity contribution in [2.24, 2.45) is 7.05 Å². The molecule has 0 aliphatic heterocycles. The van der Waals surface area contributed by atoms with Gasteiger partial charge in [-0.3, -0.25) is 0 Å². The largest absolute Gasteiger partial charge is 0.262 e. The van der Waals surface area contributed by atoms with Crippen LogP contribution in [0.2, 0.25) is 0 Å². The normalized spacial score (nSPS) is 11.9. The highest BCUT2D eigenvalue weighted by Crippen LogP contribution is 2.30. The lowest BCUT2D eigenvalue weighted by atomic mass is 9.96. The highest BCUT2D eigenvalue weighted by atomic mass is 32.1. The molecule has 0 N–H and O–H groups in total. The van der Waals surface area contributed by atoms with Crippen LogP contribution in [0.5, 0.6) is 0 Å². The molecule has 1 nitrogen and oxygen atoms in total. The lowest BCUT2D eigenvalue weighted by Gasteiger charge is -2.08. The Morgan fingerprint density at radius 3 is 2.04 bits per heavy atom. The first-order valence-electron chi connectivity index (χ1n) is 8.77. The summed E-state index contributed by atoms with van der Waals surface area (Å²) in [5.41, 5.74) is 2.57. The summed E-state index contributed by atoms with van der Waals surface area (Å²) < 4.78 is 3.58. The van der Waals surface area contributed by atoms with Gasteiger partial charge in [-0.1, -0.05) is 72.0 Å². The van der Waals surface area contributed by atoms with E-state index in [0.717, 1.165) is 0 Å². The molecule has 0 saturated carbocycles. The van der Waals surface area contributed by atoms with E-state index in [1.54, 1.807) is 0 Å². The van der Waals surface area contributed by atoms with Crippen molar-refractivity contribution in [2.45, 2.75) is 0 Å². The van der Waals surface area contributed by atoms with Gasteiger partial charge >= 0.3 is 0 Å². The second kappa shape index (κ2) is 6.08. The second-order valence-corrected chi connectivity index (χ2v) is 7.60. The molecule has 2 heteroatoms. The molecule has 1 heterocycles. The average molecular weight is 352 g/mol. The molecular weight excluding hydrogens is 334 g/mol. The molecule has 0 radical (unpaired) electrons. The molecule has 0 spiro atoms. The summed E-state index contributed by atoms with van der Waals surface area (Å²) in [6.07, 6.45) is 4.52. The molecule has 124 valence electrons. The second-order valence-electron chi connectivity index (χ2n) is 6.53. The summed E-state index contributed by atoms with van der Waals surface area (Å²) in [6.45, 7) is 0. The zero-order chi connectivity index (χ0) is 17.5. The summed E-state index contributed by atoms with van der Waals surface area (Å²) in [7, 11) is 2.14. The number of aryl methyl sites for hydroxylation is 1. The van der Waals surface area contributed by atoms with E-state index in [2.05, 4.69) is 103 Å². The summed E-state index contributed by atoms with van der Waals surface area (Å²) >= 11 is 1.83. The monoisotopic (exact) mass is 352 g/mol. The fraction of sp³-hybridized carbons (Fsp3) is 0.0417. The quantitative estimate of drug-likeness (QED) is 0.263. The van der Waals surface area contributed by atoms with Gasteiger partial charge in [-0.15, -0.1) is 0 Å². The van der Waals surface area contributed by atoms with Gasteiger partial charge in [-0.2, -0.15) is 4.57 Å². The minimum atomic E-state index is 1.25. The zero-order valence-corrected chi connectivity index (χ0v) is 15.3. The molecule has 0 aliphatic carbocycles. The number of thiazole rings is 1. The Hall–Kier alpha value is -2.97. The van der Waals surface area contributed by atoms with E-state index in [1.807, 2.05) is 11.3 Å². The Morgan fingerprint density at radius 2 is 1.35 bits per heavy atom. The van der Waals surface area contributed by atoms with Gasteiger partial charge in [0.25, 0.3) is 5.01 Å². The zero-order valence-electron chi connectivity index (χ0n) is 14.5. The maximum atomic E-state index is 2.28. The Bertz CT molecular complexity index is 1240. The maximum Gasteiger partial charge on any atom is 0.262 e. The molecule has 5 aromatic rings. The fourth-order valence-electron chi connectivity index (χ4n) is 3.65. The van der Waals surface area contributed by atoms with Gasteiger partial charge < -0.3 is 0 Å². The summed E-state index contributed by atoms with van der Waals surface area (Å²) in [6, 6.07) is 28.1. The number of para-hydroxylation sites is 1. The summed E-state index contributed by atoms with van der Waals surface area (Å²) in [5.74, 6) is 0. The molecule has 0 bridgehead atoms. The minimum absolute atomic E-state index is 1.25. The van der Waals surface area contributed by atoms with Crippen LogP contribution < -0.4 is 4.57 Å². The van der Waals surface area contributed by atoms with Crippen LogP contribution in [0.3, 0.4) is 0 Å². The first-order chi connectivity index (χ1) is 12.8. The van der Waals surface area contributed by atoms with Crippen molar-refractivity contribution in [1.29, 1.82) is 0 Å². The van der Waals surface area contributed by atoms with Crippen molar-refractivity contribution < 1.29 is 4.57 Å². The van der Waals surface area contributed by atoms with Crippen molar-refractivity contribution in [2.75, 3.05) is 0 Å². The summed E-state index contributed by atoms with van der Waals surface area (Å²) in [4.78, 5) is 0. The van der Waals surface area contributed by atoms with Crippen molar-refractivity contribution in [1.82, 2.24) is 0 Å². The van der Waals surface area contributed by atoms with E-state index in [9.17, 15) is 0 Å². The molecule has 0 atom stereocenters. The van der Waals surface area contributed by atoms with Crippen molar-refractivity contribution in [3.8, 4) is 0 Å². The van der Waals surface area contributed by atoms with Crippen LogP contribution in [-0.4, -0.2) is 0 Å². The molecule has 0 amide bonds. The molecule has 0 fully saturated rings. The molecular formula is C24H18NS+. The summed E-state index contributed by atoms with van der Waals surface area (Å²) in [5, 5.41) is 6.42. The third-order valence-corrected chi connectivity index (χ3v) is 6.16. The van der Waals surface area contributed by atoms with Crippen LogP contribution in [0, 0.1) is 0 Å². The van der Waals surface area contributed by atoms with Gasteiger partial charge in [0.05, 0.1) is 0 Å². The topological polar surface area (TPSA) is 3.88 Å². The number of nitrogens with zero attached hydrogens (tertiary/aromatic N) is 1. The number of hydrogen-bond donors (Lipinski definition) is 0. The highest BCUT2D eigenvalue weighted by molar-refractivity contribution is 7.18. The number of hydrogen-bond acceptors (Lipinski definition) is 1.